The van der Waals surface area contributed by atoms with E-state index < -0.39 is 5.97 Å². The van der Waals surface area contributed by atoms with Gasteiger partial charge in [-0.3, -0.25) is 4.79 Å². The van der Waals surface area contributed by atoms with Crippen molar-refractivity contribution in [2.75, 3.05) is 7.11 Å². The molecule has 0 amide bonds. The standard InChI is InChI=1S/C24H18O6/c1-15-6-8-17(9-7-15)29-22-14-28-21-13-19(10-11-20(21)23(22)25)30-24(26)16-4-3-5-18(12-16)27-2/h3-14H,1-2H3. The summed E-state index contributed by atoms with van der Waals surface area (Å²) in [4.78, 5) is 25.1. The van der Waals surface area contributed by atoms with Gasteiger partial charge in [0.25, 0.3) is 0 Å². The van der Waals surface area contributed by atoms with Gasteiger partial charge < -0.3 is 18.6 Å². The van der Waals surface area contributed by atoms with Gasteiger partial charge in [-0.2, -0.15) is 0 Å². The SMILES string of the molecule is COc1cccc(C(=O)Oc2ccc3c(=O)c(Oc4ccc(C)cc4)coc3c2)c1. The van der Waals surface area contributed by atoms with Crippen molar-refractivity contribution in [3.8, 4) is 23.0 Å². The normalized spacial score (nSPS) is 10.6. The van der Waals surface area contributed by atoms with Crippen LogP contribution in [0.3, 0.4) is 0 Å². The highest BCUT2D eigenvalue weighted by Gasteiger charge is 2.13. The number of aryl methyl sites for hydroxylation is 1. The van der Waals surface area contributed by atoms with E-state index in [2.05, 4.69) is 0 Å². The van der Waals surface area contributed by atoms with Crippen LogP contribution in [0.2, 0.25) is 0 Å². The van der Waals surface area contributed by atoms with Crippen LogP contribution < -0.4 is 19.6 Å². The molecule has 3 aromatic carbocycles. The van der Waals surface area contributed by atoms with E-state index in [4.69, 9.17) is 18.6 Å². The summed E-state index contributed by atoms with van der Waals surface area (Å²) in [5, 5.41) is 0.320. The predicted octanol–water partition coefficient (Wildman–Crippen LogP) is 5.12. The summed E-state index contributed by atoms with van der Waals surface area (Å²) in [5.41, 5.74) is 1.40. The number of carbonyl (C=O) groups is 1. The van der Waals surface area contributed by atoms with Crippen molar-refractivity contribution in [1.29, 1.82) is 0 Å². The lowest BCUT2D eigenvalue weighted by molar-refractivity contribution is 0.0734. The van der Waals surface area contributed by atoms with Crippen molar-refractivity contribution >= 4 is 16.9 Å². The van der Waals surface area contributed by atoms with Gasteiger partial charge in [0.15, 0.2) is 0 Å². The summed E-state index contributed by atoms with van der Waals surface area (Å²) in [6.07, 6.45) is 1.25. The smallest absolute Gasteiger partial charge is 0.343 e. The first-order valence-corrected chi connectivity index (χ1v) is 9.20. The Morgan fingerprint density at radius 3 is 2.43 bits per heavy atom. The van der Waals surface area contributed by atoms with Crippen molar-refractivity contribution in [2.45, 2.75) is 6.92 Å². The van der Waals surface area contributed by atoms with Gasteiger partial charge in [0, 0.05) is 6.07 Å². The van der Waals surface area contributed by atoms with Crippen molar-refractivity contribution in [3.05, 3.63) is 94.3 Å². The average Bonchev–Trinajstić information content (AvgIpc) is 2.77. The molecule has 0 unspecified atom stereocenters. The minimum Gasteiger partial charge on any atom is -0.497 e. The monoisotopic (exact) mass is 402 g/mol. The van der Waals surface area contributed by atoms with Crippen LogP contribution >= 0.6 is 0 Å². The largest absolute Gasteiger partial charge is 0.497 e. The van der Waals surface area contributed by atoms with E-state index in [-0.39, 0.29) is 22.5 Å². The van der Waals surface area contributed by atoms with Crippen molar-refractivity contribution in [3.63, 3.8) is 0 Å². The van der Waals surface area contributed by atoms with E-state index in [1.165, 1.54) is 31.6 Å². The van der Waals surface area contributed by atoms with Gasteiger partial charge >= 0.3 is 5.97 Å². The van der Waals surface area contributed by atoms with Crippen molar-refractivity contribution in [2.24, 2.45) is 0 Å². The number of methoxy groups -OCH3 is 1. The van der Waals surface area contributed by atoms with E-state index in [0.717, 1.165) is 5.56 Å². The Hall–Kier alpha value is -4.06. The van der Waals surface area contributed by atoms with Crippen LogP contribution in [0.5, 0.6) is 23.0 Å². The number of rotatable bonds is 5. The molecule has 0 bridgehead atoms. The maximum absolute atomic E-state index is 12.7. The number of fused-ring (bicyclic) bond motifs is 1. The third-order valence-corrected chi connectivity index (χ3v) is 4.48. The summed E-state index contributed by atoms with van der Waals surface area (Å²) in [6, 6.07) is 18.5. The average molecular weight is 402 g/mol. The first kappa shape index (κ1) is 19.3. The zero-order valence-corrected chi connectivity index (χ0v) is 16.4. The summed E-state index contributed by atoms with van der Waals surface area (Å²) in [7, 11) is 1.52. The minimum atomic E-state index is -0.546. The number of benzene rings is 3. The van der Waals surface area contributed by atoms with E-state index in [9.17, 15) is 9.59 Å². The van der Waals surface area contributed by atoms with Gasteiger partial charge in [-0.05, 0) is 49.4 Å². The molecule has 0 atom stereocenters. The summed E-state index contributed by atoms with van der Waals surface area (Å²) >= 11 is 0. The Morgan fingerprint density at radius 1 is 0.900 bits per heavy atom. The van der Waals surface area contributed by atoms with Crippen LogP contribution in [-0.2, 0) is 0 Å². The second-order valence-electron chi connectivity index (χ2n) is 6.62. The minimum absolute atomic E-state index is 0.0764. The molecule has 0 aliphatic heterocycles. The fourth-order valence-corrected chi connectivity index (χ4v) is 2.87. The molecule has 0 aliphatic rings. The number of hydrogen-bond acceptors (Lipinski definition) is 6. The number of ether oxygens (including phenoxy) is 3. The molecule has 0 radical (unpaired) electrons. The van der Waals surface area contributed by atoms with E-state index in [1.54, 1.807) is 36.4 Å². The van der Waals surface area contributed by atoms with E-state index >= 15 is 0 Å². The highest BCUT2D eigenvalue weighted by atomic mass is 16.5. The molecule has 4 aromatic rings. The van der Waals surface area contributed by atoms with E-state index in [0.29, 0.717) is 22.4 Å². The van der Waals surface area contributed by atoms with Crippen LogP contribution in [-0.4, -0.2) is 13.1 Å². The van der Waals surface area contributed by atoms with Gasteiger partial charge in [0.1, 0.15) is 29.1 Å². The van der Waals surface area contributed by atoms with Crippen molar-refractivity contribution < 1.29 is 23.4 Å². The molecule has 0 saturated heterocycles. The van der Waals surface area contributed by atoms with Gasteiger partial charge in [0.2, 0.25) is 11.2 Å². The summed E-state index contributed by atoms with van der Waals surface area (Å²) in [5.74, 6) is 0.874. The number of esters is 1. The molecular formula is C24H18O6. The summed E-state index contributed by atoms with van der Waals surface area (Å²) < 4.78 is 21.7. The predicted molar refractivity (Wildman–Crippen MR) is 112 cm³/mol. The molecule has 4 rings (SSSR count). The molecule has 6 nitrogen and oxygen atoms in total. The second kappa shape index (κ2) is 8.13. The molecule has 0 fully saturated rings. The maximum atomic E-state index is 12.7. The van der Waals surface area contributed by atoms with Gasteiger partial charge in [0.05, 0.1) is 18.1 Å². The molecule has 0 N–H and O–H groups in total. The molecule has 1 heterocycles. The third-order valence-electron chi connectivity index (χ3n) is 4.48. The second-order valence-corrected chi connectivity index (χ2v) is 6.62. The van der Waals surface area contributed by atoms with Gasteiger partial charge in [-0.1, -0.05) is 23.8 Å². The van der Waals surface area contributed by atoms with Crippen molar-refractivity contribution in [1.82, 2.24) is 0 Å². The Labute approximate surface area is 172 Å². The number of hydrogen-bond donors (Lipinski definition) is 0. The maximum Gasteiger partial charge on any atom is 0.343 e. The lowest BCUT2D eigenvalue weighted by atomic mass is 10.2. The van der Waals surface area contributed by atoms with Crippen LogP contribution in [0.25, 0.3) is 11.0 Å². The van der Waals surface area contributed by atoms with Crippen LogP contribution in [0.15, 0.2) is 82.2 Å². The topological polar surface area (TPSA) is 75.0 Å². The van der Waals surface area contributed by atoms with Crippen LogP contribution in [0.4, 0.5) is 0 Å². The molecule has 0 saturated carbocycles. The first-order chi connectivity index (χ1) is 14.5. The molecule has 1 aromatic heterocycles. The Kier molecular flexibility index (Phi) is 5.22. The highest BCUT2D eigenvalue weighted by molar-refractivity contribution is 5.92. The van der Waals surface area contributed by atoms with Crippen LogP contribution in [0.1, 0.15) is 15.9 Å². The lowest BCUT2D eigenvalue weighted by Gasteiger charge is -2.08. The zero-order valence-electron chi connectivity index (χ0n) is 16.4. The highest BCUT2D eigenvalue weighted by Crippen LogP contribution is 2.25. The zero-order chi connectivity index (χ0) is 21.1. The van der Waals surface area contributed by atoms with Gasteiger partial charge in [-0.25, -0.2) is 4.79 Å². The fourth-order valence-electron chi connectivity index (χ4n) is 2.87. The lowest BCUT2D eigenvalue weighted by Crippen LogP contribution is -2.09. The third kappa shape index (κ3) is 4.03. The quantitative estimate of drug-likeness (QED) is 0.341. The van der Waals surface area contributed by atoms with Crippen LogP contribution in [0, 0.1) is 6.92 Å². The fraction of sp³-hybridized carbons (Fsp3) is 0.0833. The molecular weight excluding hydrogens is 384 g/mol. The molecule has 0 aliphatic carbocycles. The summed E-state index contributed by atoms with van der Waals surface area (Å²) in [6.45, 7) is 1.97. The van der Waals surface area contributed by atoms with E-state index in [1.807, 2.05) is 19.1 Å². The first-order valence-electron chi connectivity index (χ1n) is 9.20. The Balaban J connectivity index is 1.58. The Bertz CT molecular complexity index is 1270. The molecule has 6 heteroatoms. The Morgan fingerprint density at radius 2 is 1.67 bits per heavy atom. The molecule has 0 spiro atoms. The molecule has 30 heavy (non-hydrogen) atoms. The number of carbonyl (C=O) groups excluding carboxylic acids is 1. The van der Waals surface area contributed by atoms with Gasteiger partial charge in [-0.15, -0.1) is 0 Å². The molecule has 150 valence electrons.